The molecule has 0 radical (unpaired) electrons. The van der Waals surface area contributed by atoms with Gasteiger partial charge in [0.05, 0.1) is 16.3 Å². The fraction of sp³-hybridized carbons (Fsp3) is 0.389. The van der Waals surface area contributed by atoms with Crippen LogP contribution in [0, 0.1) is 0 Å². The Kier molecular flexibility index (Phi) is 4.65. The van der Waals surface area contributed by atoms with Crippen LogP contribution in [0.5, 0.6) is 0 Å². The molecule has 0 unspecified atom stereocenters. The van der Waals surface area contributed by atoms with Crippen LogP contribution in [0.15, 0.2) is 34.8 Å². The van der Waals surface area contributed by atoms with Gasteiger partial charge in [0.1, 0.15) is 0 Å². The summed E-state index contributed by atoms with van der Waals surface area (Å²) in [6.45, 7) is 2.78. The monoisotopic (exact) mass is 420 g/mol. The van der Waals surface area contributed by atoms with Crippen molar-refractivity contribution in [2.24, 2.45) is 0 Å². The summed E-state index contributed by atoms with van der Waals surface area (Å²) < 4.78 is 0.852. The first-order valence-electron chi connectivity index (χ1n) is 8.45. The molecule has 25 heavy (non-hydrogen) atoms. The molecule has 1 aromatic carbocycles. The topological polar surface area (TPSA) is 49.3 Å². The maximum atomic E-state index is 12.7. The third kappa shape index (κ3) is 3.65. The van der Waals surface area contributed by atoms with Crippen molar-refractivity contribution in [2.75, 3.05) is 31.1 Å². The summed E-state index contributed by atoms with van der Waals surface area (Å²) in [5.41, 5.74) is 1.64. The molecule has 1 amide bonds. The van der Waals surface area contributed by atoms with E-state index < -0.39 is 0 Å². The number of halogens is 2. The number of piperazine rings is 1. The van der Waals surface area contributed by atoms with Crippen LogP contribution in [0.25, 0.3) is 0 Å². The van der Waals surface area contributed by atoms with E-state index in [-0.39, 0.29) is 5.91 Å². The lowest BCUT2D eigenvalue weighted by Crippen LogP contribution is -2.49. The van der Waals surface area contributed by atoms with Gasteiger partial charge < -0.3 is 9.80 Å². The lowest BCUT2D eigenvalue weighted by molar-refractivity contribution is 0.0746. The van der Waals surface area contributed by atoms with E-state index in [1.54, 1.807) is 12.1 Å². The quantitative estimate of drug-likeness (QED) is 0.758. The third-order valence-corrected chi connectivity index (χ3v) is 5.54. The Labute approximate surface area is 160 Å². The minimum atomic E-state index is -0.0267. The Morgan fingerprint density at radius 1 is 1.08 bits per heavy atom. The van der Waals surface area contributed by atoms with Gasteiger partial charge in [-0.3, -0.25) is 4.79 Å². The molecule has 0 atom stereocenters. The van der Waals surface area contributed by atoms with Gasteiger partial charge in [0.15, 0.2) is 5.82 Å². The summed E-state index contributed by atoms with van der Waals surface area (Å²) in [4.78, 5) is 16.7. The Morgan fingerprint density at radius 2 is 1.84 bits per heavy atom. The molecule has 0 N–H and O–H groups in total. The number of anilines is 1. The van der Waals surface area contributed by atoms with Crippen molar-refractivity contribution >= 4 is 39.3 Å². The number of aromatic nitrogens is 2. The molecule has 7 heteroatoms. The lowest BCUT2D eigenvalue weighted by atomic mass is 10.2. The number of carbonyl (C=O) groups is 1. The van der Waals surface area contributed by atoms with Crippen molar-refractivity contribution in [3.63, 3.8) is 0 Å². The van der Waals surface area contributed by atoms with E-state index in [4.69, 9.17) is 11.6 Å². The zero-order valence-corrected chi connectivity index (χ0v) is 16.0. The summed E-state index contributed by atoms with van der Waals surface area (Å²) in [6.07, 6.45) is 2.46. The summed E-state index contributed by atoms with van der Waals surface area (Å²) in [5, 5.41) is 9.19. The van der Waals surface area contributed by atoms with Gasteiger partial charge in [-0.25, -0.2) is 0 Å². The fourth-order valence-corrected chi connectivity index (χ4v) is 3.63. The van der Waals surface area contributed by atoms with Gasteiger partial charge in [0.25, 0.3) is 5.91 Å². The second-order valence-corrected chi connectivity index (χ2v) is 7.82. The molecule has 2 aromatic rings. The molecule has 0 spiro atoms. The number of benzene rings is 1. The summed E-state index contributed by atoms with van der Waals surface area (Å²) in [5.74, 6) is 1.48. The van der Waals surface area contributed by atoms with Gasteiger partial charge in [0, 0.05) is 36.6 Å². The zero-order chi connectivity index (χ0) is 17.4. The van der Waals surface area contributed by atoms with Crippen LogP contribution < -0.4 is 4.90 Å². The smallest absolute Gasteiger partial charge is 0.255 e. The first-order valence-corrected chi connectivity index (χ1v) is 9.62. The normalized spacial score (nSPS) is 17.7. The number of carbonyl (C=O) groups excluding carboxylic acids is 1. The maximum absolute atomic E-state index is 12.7. The van der Waals surface area contributed by atoms with E-state index in [0.717, 1.165) is 29.1 Å². The molecule has 2 heterocycles. The van der Waals surface area contributed by atoms with Gasteiger partial charge in [-0.1, -0.05) is 27.5 Å². The molecular weight excluding hydrogens is 404 g/mol. The van der Waals surface area contributed by atoms with E-state index in [2.05, 4.69) is 37.1 Å². The second kappa shape index (κ2) is 6.92. The molecular formula is C18H18BrClN4O. The highest BCUT2D eigenvalue weighted by atomic mass is 79.9. The van der Waals surface area contributed by atoms with Crippen LogP contribution in [0.4, 0.5) is 5.82 Å². The van der Waals surface area contributed by atoms with Crippen LogP contribution >= 0.6 is 27.5 Å². The van der Waals surface area contributed by atoms with Crippen molar-refractivity contribution in [3.05, 3.63) is 51.1 Å². The molecule has 1 aliphatic heterocycles. The highest BCUT2D eigenvalue weighted by molar-refractivity contribution is 9.10. The maximum Gasteiger partial charge on any atom is 0.255 e. The summed E-state index contributed by atoms with van der Waals surface area (Å²) in [7, 11) is 0. The van der Waals surface area contributed by atoms with Crippen molar-refractivity contribution in [1.82, 2.24) is 15.1 Å². The molecule has 0 bridgehead atoms. The van der Waals surface area contributed by atoms with Crippen molar-refractivity contribution in [3.8, 4) is 0 Å². The van der Waals surface area contributed by atoms with E-state index >= 15 is 0 Å². The number of hydrogen-bond acceptors (Lipinski definition) is 4. The first-order chi connectivity index (χ1) is 12.1. The minimum absolute atomic E-state index is 0.0267. The molecule has 2 fully saturated rings. The summed E-state index contributed by atoms with van der Waals surface area (Å²) in [6, 6.07) is 9.48. The van der Waals surface area contributed by atoms with Crippen LogP contribution in [-0.4, -0.2) is 47.2 Å². The average Bonchev–Trinajstić information content (AvgIpc) is 3.49. The van der Waals surface area contributed by atoms with Gasteiger partial charge in [-0.05, 0) is 43.2 Å². The minimum Gasteiger partial charge on any atom is -0.352 e. The van der Waals surface area contributed by atoms with Gasteiger partial charge in [0.2, 0.25) is 0 Å². The van der Waals surface area contributed by atoms with E-state index in [0.29, 0.717) is 29.6 Å². The van der Waals surface area contributed by atoms with E-state index in [1.165, 1.54) is 12.8 Å². The summed E-state index contributed by atoms with van der Waals surface area (Å²) >= 11 is 9.58. The van der Waals surface area contributed by atoms with Crippen LogP contribution in [0.2, 0.25) is 5.02 Å². The molecule has 1 aromatic heterocycles. The lowest BCUT2D eigenvalue weighted by Gasteiger charge is -2.35. The van der Waals surface area contributed by atoms with Gasteiger partial charge >= 0.3 is 0 Å². The van der Waals surface area contributed by atoms with E-state index in [9.17, 15) is 4.79 Å². The molecule has 1 saturated carbocycles. The van der Waals surface area contributed by atoms with Crippen molar-refractivity contribution in [1.29, 1.82) is 0 Å². The Hall–Kier alpha value is -1.66. The van der Waals surface area contributed by atoms with Crippen molar-refractivity contribution < 1.29 is 4.79 Å². The fourth-order valence-electron chi connectivity index (χ4n) is 3.07. The highest BCUT2D eigenvalue weighted by Gasteiger charge is 2.27. The predicted molar refractivity (Wildman–Crippen MR) is 101 cm³/mol. The SMILES string of the molecule is O=C(c1cc(Br)ccc1Cl)N1CCN(c2ccc(C3CC3)nn2)CC1. The molecule has 4 rings (SSSR count). The Morgan fingerprint density at radius 3 is 2.48 bits per heavy atom. The molecule has 1 aliphatic carbocycles. The molecule has 1 saturated heterocycles. The highest BCUT2D eigenvalue weighted by Crippen LogP contribution is 2.38. The largest absolute Gasteiger partial charge is 0.352 e. The molecule has 5 nitrogen and oxygen atoms in total. The Bertz CT molecular complexity index is 786. The molecule has 130 valence electrons. The Balaban J connectivity index is 1.40. The second-order valence-electron chi connectivity index (χ2n) is 6.49. The number of nitrogens with zero attached hydrogens (tertiary/aromatic N) is 4. The van der Waals surface area contributed by atoms with Gasteiger partial charge in [-0.2, -0.15) is 5.10 Å². The average molecular weight is 422 g/mol. The van der Waals surface area contributed by atoms with Crippen molar-refractivity contribution in [2.45, 2.75) is 18.8 Å². The van der Waals surface area contributed by atoms with Crippen LogP contribution in [-0.2, 0) is 0 Å². The van der Waals surface area contributed by atoms with E-state index in [1.807, 2.05) is 17.0 Å². The number of rotatable bonds is 3. The van der Waals surface area contributed by atoms with Crippen LogP contribution in [0.1, 0.15) is 34.8 Å². The zero-order valence-electron chi connectivity index (χ0n) is 13.7. The standard InChI is InChI=1S/C18H18BrClN4O/c19-13-3-4-15(20)14(11-13)18(25)24-9-7-23(8-10-24)17-6-5-16(21-22-17)12-1-2-12/h3-6,11-12H,1-2,7-10H2. The van der Waals surface area contributed by atoms with Crippen LogP contribution in [0.3, 0.4) is 0 Å². The number of hydrogen-bond donors (Lipinski definition) is 0. The predicted octanol–water partition coefficient (Wildman–Crippen LogP) is 3.73. The van der Waals surface area contributed by atoms with Gasteiger partial charge in [-0.15, -0.1) is 5.10 Å². The third-order valence-electron chi connectivity index (χ3n) is 4.72. The first kappa shape index (κ1) is 16.8. The number of amides is 1. The molecule has 2 aliphatic rings.